The van der Waals surface area contributed by atoms with E-state index in [0.29, 0.717) is 35.9 Å². The van der Waals surface area contributed by atoms with E-state index in [-0.39, 0.29) is 11.8 Å². The van der Waals surface area contributed by atoms with Gasteiger partial charge < -0.3 is 10.2 Å². The fraction of sp³-hybridized carbons (Fsp3) is 0.160. The van der Waals surface area contributed by atoms with E-state index in [1.54, 1.807) is 51.3 Å². The zero-order chi connectivity index (χ0) is 22.8. The second-order valence-electron chi connectivity index (χ2n) is 7.92. The third-order valence-corrected chi connectivity index (χ3v) is 6.79. The second-order valence-corrected chi connectivity index (χ2v) is 9.11. The van der Waals surface area contributed by atoms with Crippen LogP contribution in [-0.4, -0.2) is 32.5 Å². The van der Waals surface area contributed by atoms with Crippen LogP contribution >= 0.6 is 22.9 Å². The molecule has 2 aromatic heterocycles. The first-order valence-electron chi connectivity index (χ1n) is 10.6. The minimum Gasteiger partial charge on any atom is -0.322 e. The largest absolute Gasteiger partial charge is 0.322 e. The highest BCUT2D eigenvalue weighted by Crippen LogP contribution is 2.27. The third kappa shape index (κ3) is 4.55. The lowest BCUT2D eigenvalue weighted by Gasteiger charge is -2.36. The van der Waals surface area contributed by atoms with Crippen molar-refractivity contribution in [2.75, 3.05) is 5.32 Å². The number of aromatic nitrogens is 2. The van der Waals surface area contributed by atoms with Crippen LogP contribution in [0.1, 0.15) is 27.0 Å². The Morgan fingerprint density at radius 2 is 1.85 bits per heavy atom. The molecule has 3 heterocycles. The Balaban J connectivity index is 1.39. The van der Waals surface area contributed by atoms with Gasteiger partial charge >= 0.3 is 0 Å². The molecular weight excluding hydrogens is 456 g/mol. The van der Waals surface area contributed by atoms with Gasteiger partial charge in [-0.05, 0) is 45.6 Å². The number of benzene rings is 2. The van der Waals surface area contributed by atoms with Gasteiger partial charge in [-0.3, -0.25) is 14.3 Å². The van der Waals surface area contributed by atoms with Gasteiger partial charge in [0.2, 0.25) is 5.91 Å². The van der Waals surface area contributed by atoms with E-state index >= 15 is 0 Å². The zero-order valence-electron chi connectivity index (χ0n) is 17.6. The van der Waals surface area contributed by atoms with Crippen LogP contribution in [0.25, 0.3) is 0 Å². The number of fused-ring (bicyclic) bond motifs is 1. The molecule has 2 amide bonds. The van der Waals surface area contributed by atoms with Gasteiger partial charge in [-0.2, -0.15) is 16.4 Å². The average Bonchev–Trinajstić information content (AvgIpc) is 3.50. The number of hydrogen-bond donors (Lipinski definition) is 1. The Bertz CT molecular complexity index is 1300. The fourth-order valence-corrected chi connectivity index (χ4v) is 4.93. The summed E-state index contributed by atoms with van der Waals surface area (Å²) in [5.41, 5.74) is 3.63. The second kappa shape index (κ2) is 9.21. The lowest BCUT2D eigenvalue weighted by Crippen LogP contribution is -2.50. The number of rotatable bonds is 5. The van der Waals surface area contributed by atoms with Gasteiger partial charge in [-0.15, -0.1) is 0 Å². The van der Waals surface area contributed by atoms with Gasteiger partial charge in [-0.25, -0.2) is 0 Å². The molecular formula is C25H21ClN4O2S. The molecule has 0 radical (unpaired) electrons. The van der Waals surface area contributed by atoms with E-state index in [2.05, 4.69) is 15.8 Å². The highest BCUT2D eigenvalue weighted by molar-refractivity contribution is 7.07. The summed E-state index contributed by atoms with van der Waals surface area (Å²) in [4.78, 5) is 28.4. The van der Waals surface area contributed by atoms with Gasteiger partial charge in [0.1, 0.15) is 6.04 Å². The first kappa shape index (κ1) is 21.4. The summed E-state index contributed by atoms with van der Waals surface area (Å²) in [7, 11) is 0. The summed E-state index contributed by atoms with van der Waals surface area (Å²) in [6, 6.07) is 17.9. The van der Waals surface area contributed by atoms with E-state index in [1.807, 2.05) is 41.9 Å². The molecule has 1 aliphatic rings. The van der Waals surface area contributed by atoms with Crippen molar-refractivity contribution in [3.05, 3.63) is 105 Å². The average molecular weight is 477 g/mol. The Kier molecular flexibility index (Phi) is 5.98. The van der Waals surface area contributed by atoms with Crippen molar-refractivity contribution in [3.63, 3.8) is 0 Å². The van der Waals surface area contributed by atoms with Gasteiger partial charge in [0.25, 0.3) is 5.91 Å². The molecule has 1 unspecified atom stereocenters. The van der Waals surface area contributed by atoms with Crippen LogP contribution in [-0.2, 0) is 24.3 Å². The number of anilines is 1. The van der Waals surface area contributed by atoms with Gasteiger partial charge in [0, 0.05) is 25.2 Å². The molecule has 0 bridgehead atoms. The predicted molar refractivity (Wildman–Crippen MR) is 130 cm³/mol. The Labute approximate surface area is 200 Å². The molecule has 8 heteroatoms. The number of carbonyl (C=O) groups is 2. The van der Waals surface area contributed by atoms with Crippen molar-refractivity contribution in [1.29, 1.82) is 0 Å². The van der Waals surface area contributed by atoms with Crippen LogP contribution in [0.3, 0.4) is 0 Å². The quantitative estimate of drug-likeness (QED) is 0.447. The van der Waals surface area contributed by atoms with Crippen LogP contribution in [0.2, 0.25) is 5.02 Å². The minimum absolute atomic E-state index is 0.266. The molecule has 1 N–H and O–H groups in total. The van der Waals surface area contributed by atoms with Crippen LogP contribution < -0.4 is 5.32 Å². The van der Waals surface area contributed by atoms with E-state index in [0.717, 1.165) is 16.7 Å². The molecule has 166 valence electrons. The monoisotopic (exact) mass is 476 g/mol. The molecule has 1 aliphatic heterocycles. The summed E-state index contributed by atoms with van der Waals surface area (Å²) in [5.74, 6) is -0.0804. The van der Waals surface area contributed by atoms with E-state index in [1.165, 1.54) is 0 Å². The van der Waals surface area contributed by atoms with Crippen molar-refractivity contribution >= 4 is 40.6 Å². The zero-order valence-corrected chi connectivity index (χ0v) is 19.2. The summed E-state index contributed by atoms with van der Waals surface area (Å²) >= 11 is 7.93. The standard InChI is InChI=1S/C25H21ClN4O2S/c26-21-8-4-3-7-20(21)25(32)30-15-19-6-2-1-5-18(19)13-22(30)24(31)27-23-9-11-29(28-23)14-17-10-12-33-16-17/h1-12,16,22H,13-15H2,(H,27,28,31). The van der Waals surface area contributed by atoms with Crippen molar-refractivity contribution in [2.24, 2.45) is 0 Å². The number of carbonyl (C=O) groups excluding carboxylic acids is 2. The highest BCUT2D eigenvalue weighted by Gasteiger charge is 2.35. The Hall–Kier alpha value is -3.42. The van der Waals surface area contributed by atoms with Crippen LogP contribution in [0.4, 0.5) is 5.82 Å². The SMILES string of the molecule is O=C(Nc1ccn(Cc2ccsc2)n1)C1Cc2ccccc2CN1C(=O)c1ccccc1Cl. The lowest BCUT2D eigenvalue weighted by molar-refractivity contribution is -0.121. The number of thiophene rings is 1. The van der Waals surface area contributed by atoms with E-state index in [9.17, 15) is 9.59 Å². The number of amides is 2. The smallest absolute Gasteiger partial charge is 0.256 e. The molecule has 5 rings (SSSR count). The van der Waals surface area contributed by atoms with E-state index < -0.39 is 6.04 Å². The maximum atomic E-state index is 13.4. The van der Waals surface area contributed by atoms with Gasteiger partial charge in [0.05, 0.1) is 17.1 Å². The number of nitrogens with zero attached hydrogens (tertiary/aromatic N) is 3. The normalized spacial score (nSPS) is 15.2. The fourth-order valence-electron chi connectivity index (χ4n) is 4.06. The molecule has 33 heavy (non-hydrogen) atoms. The van der Waals surface area contributed by atoms with Gasteiger partial charge in [-0.1, -0.05) is 48.0 Å². The molecule has 0 fully saturated rings. The van der Waals surface area contributed by atoms with Crippen molar-refractivity contribution in [3.8, 4) is 0 Å². The topological polar surface area (TPSA) is 67.2 Å². The molecule has 6 nitrogen and oxygen atoms in total. The predicted octanol–water partition coefficient (Wildman–Crippen LogP) is 4.85. The maximum Gasteiger partial charge on any atom is 0.256 e. The number of halogens is 1. The third-order valence-electron chi connectivity index (χ3n) is 5.73. The Morgan fingerprint density at radius 3 is 2.64 bits per heavy atom. The highest BCUT2D eigenvalue weighted by atomic mass is 35.5. The minimum atomic E-state index is -0.675. The molecule has 4 aromatic rings. The first-order valence-corrected chi connectivity index (χ1v) is 11.9. The van der Waals surface area contributed by atoms with Crippen molar-refractivity contribution < 1.29 is 9.59 Å². The van der Waals surface area contributed by atoms with Gasteiger partial charge in [0.15, 0.2) is 5.82 Å². The molecule has 1 atom stereocenters. The summed E-state index contributed by atoms with van der Waals surface area (Å²) in [6.07, 6.45) is 2.25. The van der Waals surface area contributed by atoms with E-state index in [4.69, 9.17) is 11.6 Å². The Morgan fingerprint density at radius 1 is 1.06 bits per heavy atom. The number of nitrogens with one attached hydrogen (secondary N) is 1. The van der Waals surface area contributed by atoms with Crippen LogP contribution in [0, 0.1) is 0 Å². The molecule has 0 saturated carbocycles. The molecule has 2 aromatic carbocycles. The summed E-state index contributed by atoms with van der Waals surface area (Å²) < 4.78 is 1.78. The van der Waals surface area contributed by atoms with Crippen LogP contribution in [0.15, 0.2) is 77.6 Å². The summed E-state index contributed by atoms with van der Waals surface area (Å²) in [5, 5.41) is 11.8. The molecule has 0 spiro atoms. The van der Waals surface area contributed by atoms with Crippen molar-refractivity contribution in [2.45, 2.75) is 25.6 Å². The number of hydrogen-bond acceptors (Lipinski definition) is 4. The summed E-state index contributed by atoms with van der Waals surface area (Å²) in [6.45, 7) is 0.970. The molecule has 0 aliphatic carbocycles. The first-order chi connectivity index (χ1) is 16.1. The van der Waals surface area contributed by atoms with Crippen molar-refractivity contribution in [1.82, 2.24) is 14.7 Å². The maximum absolute atomic E-state index is 13.4. The molecule has 0 saturated heterocycles. The van der Waals surface area contributed by atoms with Crippen LogP contribution in [0.5, 0.6) is 0 Å². The lowest BCUT2D eigenvalue weighted by atomic mass is 9.92.